The van der Waals surface area contributed by atoms with Crippen LogP contribution in [0.4, 0.5) is 0 Å². The van der Waals surface area contributed by atoms with Crippen LogP contribution in [0.25, 0.3) is 11.3 Å². The highest BCUT2D eigenvalue weighted by molar-refractivity contribution is 6.30. The first-order valence-electron chi connectivity index (χ1n) is 6.09. The standard InChI is InChI=1S/C14H11ClN4O/c1-8-16-11(9-3-2-4-10(15)5-9)6-12(17-8)13-7-14(20)19-18-13/h2-6H,7H2,1H3,(H,19,20). The molecule has 1 amide bonds. The van der Waals surface area contributed by atoms with E-state index in [1.165, 1.54) is 0 Å². The van der Waals surface area contributed by atoms with Crippen molar-refractivity contribution in [2.75, 3.05) is 0 Å². The lowest BCUT2D eigenvalue weighted by Crippen LogP contribution is -2.10. The number of hydrazone groups is 1. The SMILES string of the molecule is Cc1nc(C2=NNC(=O)C2)cc(-c2cccc(Cl)c2)n1. The summed E-state index contributed by atoms with van der Waals surface area (Å²) < 4.78 is 0. The second kappa shape index (κ2) is 5.02. The van der Waals surface area contributed by atoms with Gasteiger partial charge in [0.15, 0.2) is 0 Å². The molecule has 0 atom stereocenters. The molecule has 0 bridgehead atoms. The number of hydrogen-bond acceptors (Lipinski definition) is 4. The van der Waals surface area contributed by atoms with E-state index in [0.29, 0.717) is 22.3 Å². The minimum Gasteiger partial charge on any atom is -0.273 e. The maximum atomic E-state index is 11.2. The fourth-order valence-electron chi connectivity index (χ4n) is 2.02. The van der Waals surface area contributed by atoms with Crippen LogP contribution in [0.3, 0.4) is 0 Å². The molecule has 100 valence electrons. The highest BCUT2D eigenvalue weighted by atomic mass is 35.5. The second-order valence-electron chi connectivity index (χ2n) is 4.47. The van der Waals surface area contributed by atoms with Crippen LogP contribution in [0.2, 0.25) is 5.02 Å². The first kappa shape index (κ1) is 12.7. The van der Waals surface area contributed by atoms with Gasteiger partial charge >= 0.3 is 0 Å². The summed E-state index contributed by atoms with van der Waals surface area (Å²) in [5.41, 5.74) is 5.38. The van der Waals surface area contributed by atoms with Crippen LogP contribution in [0.5, 0.6) is 0 Å². The minimum atomic E-state index is -0.124. The van der Waals surface area contributed by atoms with E-state index >= 15 is 0 Å². The van der Waals surface area contributed by atoms with Gasteiger partial charge in [0.2, 0.25) is 5.91 Å². The summed E-state index contributed by atoms with van der Waals surface area (Å²) in [6, 6.07) is 9.26. The first-order valence-corrected chi connectivity index (χ1v) is 6.47. The Bertz CT molecular complexity index is 727. The van der Waals surface area contributed by atoms with Crippen molar-refractivity contribution in [2.45, 2.75) is 13.3 Å². The van der Waals surface area contributed by atoms with Crippen molar-refractivity contribution < 1.29 is 4.79 Å². The van der Waals surface area contributed by atoms with E-state index < -0.39 is 0 Å². The van der Waals surface area contributed by atoms with Gasteiger partial charge in [0.1, 0.15) is 5.82 Å². The summed E-state index contributed by atoms with van der Waals surface area (Å²) in [5.74, 6) is 0.500. The maximum Gasteiger partial charge on any atom is 0.246 e. The first-order chi connectivity index (χ1) is 9.61. The van der Waals surface area contributed by atoms with Gasteiger partial charge in [-0.3, -0.25) is 4.79 Å². The van der Waals surface area contributed by atoms with Crippen molar-refractivity contribution in [1.82, 2.24) is 15.4 Å². The van der Waals surface area contributed by atoms with E-state index in [1.807, 2.05) is 37.3 Å². The Balaban J connectivity index is 2.05. The molecule has 0 saturated carbocycles. The van der Waals surface area contributed by atoms with E-state index in [0.717, 1.165) is 11.3 Å². The van der Waals surface area contributed by atoms with E-state index in [2.05, 4.69) is 20.5 Å². The zero-order chi connectivity index (χ0) is 14.1. The van der Waals surface area contributed by atoms with Gasteiger partial charge in [0.25, 0.3) is 0 Å². The van der Waals surface area contributed by atoms with Gasteiger partial charge in [-0.25, -0.2) is 15.4 Å². The lowest BCUT2D eigenvalue weighted by atomic mass is 10.1. The van der Waals surface area contributed by atoms with E-state index in [9.17, 15) is 4.79 Å². The van der Waals surface area contributed by atoms with Crippen LogP contribution in [0.15, 0.2) is 35.4 Å². The molecule has 0 radical (unpaired) electrons. The number of carbonyl (C=O) groups excluding carboxylic acids is 1. The molecule has 0 aliphatic carbocycles. The van der Waals surface area contributed by atoms with Crippen LogP contribution in [0.1, 0.15) is 17.9 Å². The smallest absolute Gasteiger partial charge is 0.246 e. The number of benzene rings is 1. The molecule has 0 fully saturated rings. The fraction of sp³-hybridized carbons (Fsp3) is 0.143. The number of rotatable bonds is 2. The largest absolute Gasteiger partial charge is 0.273 e. The van der Waals surface area contributed by atoms with Gasteiger partial charge in [-0.2, -0.15) is 5.10 Å². The van der Waals surface area contributed by atoms with Gasteiger partial charge < -0.3 is 0 Å². The molecule has 1 aliphatic rings. The number of aromatic nitrogens is 2. The van der Waals surface area contributed by atoms with Crippen molar-refractivity contribution in [3.63, 3.8) is 0 Å². The monoisotopic (exact) mass is 286 g/mol. The zero-order valence-electron chi connectivity index (χ0n) is 10.7. The summed E-state index contributed by atoms with van der Waals surface area (Å²) in [6.07, 6.45) is 0.242. The fourth-order valence-corrected chi connectivity index (χ4v) is 2.21. The molecule has 2 aromatic rings. The minimum absolute atomic E-state index is 0.124. The van der Waals surface area contributed by atoms with E-state index in [4.69, 9.17) is 11.6 Å². The van der Waals surface area contributed by atoms with Crippen molar-refractivity contribution >= 4 is 23.2 Å². The summed E-state index contributed by atoms with van der Waals surface area (Å²) in [5, 5.41) is 4.63. The molecule has 20 heavy (non-hydrogen) atoms. The van der Waals surface area contributed by atoms with E-state index in [1.54, 1.807) is 0 Å². The number of nitrogens with one attached hydrogen (secondary N) is 1. The zero-order valence-corrected chi connectivity index (χ0v) is 11.5. The van der Waals surface area contributed by atoms with Crippen LogP contribution < -0.4 is 5.43 Å². The third-order valence-corrected chi connectivity index (χ3v) is 3.13. The Hall–Kier alpha value is -2.27. The number of halogens is 1. The predicted molar refractivity (Wildman–Crippen MR) is 76.5 cm³/mol. The number of nitrogens with zero attached hydrogens (tertiary/aromatic N) is 3. The van der Waals surface area contributed by atoms with Crippen LogP contribution >= 0.6 is 11.6 Å². The molecule has 1 aromatic heterocycles. The lowest BCUT2D eigenvalue weighted by molar-refractivity contribution is -0.119. The van der Waals surface area contributed by atoms with Gasteiger partial charge in [0, 0.05) is 10.6 Å². The molecule has 0 spiro atoms. The summed E-state index contributed by atoms with van der Waals surface area (Å²) >= 11 is 6.00. The molecule has 0 saturated heterocycles. The van der Waals surface area contributed by atoms with Gasteiger partial charge in [-0.05, 0) is 25.1 Å². The average molecular weight is 287 g/mol. The third-order valence-electron chi connectivity index (χ3n) is 2.90. The maximum absolute atomic E-state index is 11.2. The average Bonchev–Trinajstić information content (AvgIpc) is 2.85. The quantitative estimate of drug-likeness (QED) is 0.921. The van der Waals surface area contributed by atoms with Crippen LogP contribution in [-0.4, -0.2) is 21.6 Å². The summed E-state index contributed by atoms with van der Waals surface area (Å²) in [6.45, 7) is 1.81. The Kier molecular flexibility index (Phi) is 3.20. The van der Waals surface area contributed by atoms with Crippen LogP contribution in [0, 0.1) is 6.92 Å². The second-order valence-corrected chi connectivity index (χ2v) is 4.90. The molecule has 5 nitrogen and oxygen atoms in total. The molecule has 1 N–H and O–H groups in total. The normalized spacial score (nSPS) is 14.1. The molecule has 1 aliphatic heterocycles. The number of amides is 1. The predicted octanol–water partition coefficient (Wildman–Crippen LogP) is 2.33. The van der Waals surface area contributed by atoms with Gasteiger partial charge in [0.05, 0.1) is 23.5 Å². The van der Waals surface area contributed by atoms with Crippen molar-refractivity contribution in [3.05, 3.63) is 46.9 Å². The molecular weight excluding hydrogens is 276 g/mol. The highest BCUT2D eigenvalue weighted by Gasteiger charge is 2.18. The Labute approximate surface area is 120 Å². The molecule has 0 unspecified atom stereocenters. The van der Waals surface area contributed by atoms with Crippen molar-refractivity contribution in [1.29, 1.82) is 0 Å². The Morgan fingerprint density at radius 1 is 1.20 bits per heavy atom. The highest BCUT2D eigenvalue weighted by Crippen LogP contribution is 2.22. The third kappa shape index (κ3) is 2.53. The Morgan fingerprint density at radius 2 is 2.00 bits per heavy atom. The van der Waals surface area contributed by atoms with Crippen molar-refractivity contribution in [2.24, 2.45) is 5.10 Å². The van der Waals surface area contributed by atoms with Gasteiger partial charge in [-0.1, -0.05) is 23.7 Å². The number of hydrogen-bond donors (Lipinski definition) is 1. The van der Waals surface area contributed by atoms with E-state index in [-0.39, 0.29) is 12.3 Å². The summed E-state index contributed by atoms with van der Waals surface area (Å²) in [4.78, 5) is 20.0. The summed E-state index contributed by atoms with van der Waals surface area (Å²) in [7, 11) is 0. The number of carbonyl (C=O) groups is 1. The molecule has 6 heteroatoms. The number of aryl methyl sites for hydroxylation is 1. The molecular formula is C14H11ClN4O. The Morgan fingerprint density at radius 3 is 2.70 bits per heavy atom. The van der Waals surface area contributed by atoms with Crippen LogP contribution in [-0.2, 0) is 4.79 Å². The van der Waals surface area contributed by atoms with Crippen molar-refractivity contribution in [3.8, 4) is 11.3 Å². The molecule has 1 aromatic carbocycles. The molecule has 2 heterocycles. The lowest BCUT2D eigenvalue weighted by Gasteiger charge is -2.06. The molecule has 3 rings (SSSR count). The van der Waals surface area contributed by atoms with Gasteiger partial charge in [-0.15, -0.1) is 0 Å². The topological polar surface area (TPSA) is 67.2 Å².